The lowest BCUT2D eigenvalue weighted by Gasteiger charge is -2.42. The van der Waals surface area contributed by atoms with Crippen LogP contribution >= 0.6 is 0 Å². The first-order chi connectivity index (χ1) is 22.8. The molecule has 51 heavy (non-hydrogen) atoms. The molecule has 0 aliphatic rings. The summed E-state index contributed by atoms with van der Waals surface area (Å²) >= 11 is 0. The van der Waals surface area contributed by atoms with Gasteiger partial charge in [-0.3, -0.25) is 10.2 Å². The number of guanidine groups is 1. The minimum atomic E-state index is -8.75. The molecule has 1 atom stereocenters. The quantitative estimate of drug-likeness (QED) is 0.0339. The molecule has 0 unspecified atom stereocenters. The van der Waals surface area contributed by atoms with E-state index in [9.17, 15) is 84.2 Å². The Balaban J connectivity index is 5.83. The van der Waals surface area contributed by atoms with Gasteiger partial charge in [0, 0.05) is 27.2 Å². The summed E-state index contributed by atoms with van der Waals surface area (Å²) in [5, 5.41) is 14.3. The third-order valence-corrected chi connectivity index (χ3v) is 6.69. The smallest absolute Gasteiger partial charge is 0.449 e. The molecule has 2 amide bonds. The minimum Gasteiger partial charge on any atom is -0.449 e. The number of nitrogens with zero attached hydrogens (tertiary/aromatic N) is 1. The van der Waals surface area contributed by atoms with Crippen LogP contribution < -0.4 is 21.8 Å². The van der Waals surface area contributed by atoms with Crippen LogP contribution in [0.4, 0.5) is 79.4 Å². The number of alkyl halides is 17. The molecule has 302 valence electrons. The van der Waals surface area contributed by atoms with Crippen molar-refractivity contribution in [2.45, 2.75) is 92.2 Å². The number of halogens is 17. The summed E-state index contributed by atoms with van der Waals surface area (Å²) in [6.45, 7) is -2.02. The standard InChI is InChI=1S/C24H33F17N6O4/c1-47(2)15(42)45-10-6-7-13(14(48)44-9-4-3-5-11-51-43)46-16(49)50-12-8-17(25,26)18(27,28)19(29,30)20(31,32)21(33,34)22(35,36)23(37,38)24(39,40)41/h13H,3-12,43H2,1-2H3,(H2,42,45)(H,44,48)(H,46,49)/t13-/m0/s1. The van der Waals surface area contributed by atoms with Crippen LogP contribution in [0, 0.1) is 5.41 Å². The highest BCUT2D eigenvalue weighted by Gasteiger charge is 2.95. The van der Waals surface area contributed by atoms with Gasteiger partial charge in [-0.05, 0) is 32.1 Å². The number of nitrogens with two attached hydrogens (primary N) is 1. The van der Waals surface area contributed by atoms with E-state index in [4.69, 9.17) is 11.3 Å². The Morgan fingerprint density at radius 2 is 1.14 bits per heavy atom. The second kappa shape index (κ2) is 17.5. The van der Waals surface area contributed by atoms with Gasteiger partial charge in [0.25, 0.3) is 0 Å². The molecule has 0 heterocycles. The number of alkyl carbamates (subject to hydrolysis) is 1. The van der Waals surface area contributed by atoms with Gasteiger partial charge in [0.05, 0.1) is 19.6 Å². The fourth-order valence-corrected chi connectivity index (χ4v) is 3.57. The molecular formula is C24H33F17N6O4. The van der Waals surface area contributed by atoms with Crippen molar-refractivity contribution in [2.24, 2.45) is 5.90 Å². The third-order valence-electron chi connectivity index (χ3n) is 6.69. The second-order valence-corrected chi connectivity index (χ2v) is 10.8. The van der Waals surface area contributed by atoms with E-state index in [0.717, 1.165) is 0 Å². The van der Waals surface area contributed by atoms with Gasteiger partial charge in [-0.15, -0.1) is 0 Å². The van der Waals surface area contributed by atoms with Crippen molar-refractivity contribution >= 4 is 18.0 Å². The van der Waals surface area contributed by atoms with Crippen LogP contribution in [0.5, 0.6) is 0 Å². The normalized spacial score (nSPS) is 14.5. The van der Waals surface area contributed by atoms with Gasteiger partial charge in [-0.25, -0.2) is 10.7 Å². The summed E-state index contributed by atoms with van der Waals surface area (Å²) in [5.41, 5.74) is 0. The lowest BCUT2D eigenvalue weighted by Crippen LogP contribution is -2.74. The predicted octanol–water partition coefficient (Wildman–Crippen LogP) is 5.52. The third kappa shape index (κ3) is 10.6. The zero-order chi connectivity index (χ0) is 40.5. The predicted molar refractivity (Wildman–Crippen MR) is 139 cm³/mol. The second-order valence-electron chi connectivity index (χ2n) is 10.8. The molecule has 0 rings (SSSR count). The van der Waals surface area contributed by atoms with E-state index in [1.165, 1.54) is 19.0 Å². The molecule has 0 aliphatic heterocycles. The summed E-state index contributed by atoms with van der Waals surface area (Å²) in [6.07, 6.45) is -11.8. The Morgan fingerprint density at radius 3 is 1.61 bits per heavy atom. The highest BCUT2D eigenvalue weighted by atomic mass is 19.4. The number of amides is 2. The van der Waals surface area contributed by atoms with Crippen molar-refractivity contribution in [3.63, 3.8) is 0 Å². The van der Waals surface area contributed by atoms with Crippen molar-refractivity contribution in [3.05, 3.63) is 0 Å². The summed E-state index contributed by atoms with van der Waals surface area (Å²) < 4.78 is 232. The first-order valence-corrected chi connectivity index (χ1v) is 14.1. The van der Waals surface area contributed by atoms with Crippen molar-refractivity contribution < 1.29 is 93.8 Å². The van der Waals surface area contributed by atoms with Gasteiger partial charge in [0.2, 0.25) is 5.91 Å². The van der Waals surface area contributed by atoms with E-state index in [1.54, 1.807) is 5.32 Å². The number of unbranched alkanes of at least 4 members (excludes halogenated alkanes) is 2. The Bertz CT molecular complexity index is 1160. The van der Waals surface area contributed by atoms with E-state index in [2.05, 4.69) is 20.2 Å². The molecule has 10 nitrogen and oxygen atoms in total. The Labute approximate surface area is 277 Å². The van der Waals surface area contributed by atoms with E-state index < -0.39 is 78.7 Å². The highest BCUT2D eigenvalue weighted by molar-refractivity contribution is 5.85. The Kier molecular flexibility index (Phi) is 16.4. The number of hydrogen-bond acceptors (Lipinski definition) is 6. The van der Waals surface area contributed by atoms with Crippen molar-refractivity contribution in [1.29, 1.82) is 5.41 Å². The van der Waals surface area contributed by atoms with E-state index in [-0.39, 0.29) is 38.5 Å². The van der Waals surface area contributed by atoms with Gasteiger partial charge < -0.3 is 30.4 Å². The summed E-state index contributed by atoms with van der Waals surface area (Å²) in [4.78, 5) is 30.3. The van der Waals surface area contributed by atoms with E-state index in [1.807, 2.05) is 0 Å². The summed E-state index contributed by atoms with van der Waals surface area (Å²) in [6, 6.07) is -1.59. The van der Waals surface area contributed by atoms with Gasteiger partial charge in [0.15, 0.2) is 5.96 Å². The Morgan fingerprint density at radius 1 is 0.667 bits per heavy atom. The SMILES string of the molecule is CN(C)C(=N)NCCC[C@H](NC(=O)OCCC(F)(F)C(F)(F)C(F)(F)C(F)(F)C(F)(F)C(F)(F)C(F)(F)C(F)(F)F)C(=O)NCCCCCON. The lowest BCUT2D eigenvalue weighted by atomic mass is 9.88. The molecule has 0 aromatic rings. The molecule has 6 N–H and O–H groups in total. The maximum Gasteiger partial charge on any atom is 0.460 e. The van der Waals surface area contributed by atoms with Crippen molar-refractivity contribution in [3.8, 4) is 0 Å². The monoisotopic (exact) mass is 792 g/mol. The average Bonchev–Trinajstić information content (AvgIpc) is 2.98. The number of carbonyl (C=O) groups excluding carboxylic acids is 2. The number of ether oxygens (including phenoxy) is 1. The Hall–Kier alpha value is -3.26. The molecule has 27 heteroatoms. The number of hydrogen-bond donors (Lipinski definition) is 5. The maximum atomic E-state index is 14.1. The van der Waals surface area contributed by atoms with Crippen LogP contribution in [0.1, 0.15) is 38.5 Å². The largest absolute Gasteiger partial charge is 0.460 e. The van der Waals surface area contributed by atoms with Gasteiger partial charge >= 0.3 is 53.7 Å². The lowest BCUT2D eigenvalue weighted by molar-refractivity contribution is -0.461. The zero-order valence-electron chi connectivity index (χ0n) is 26.2. The van der Waals surface area contributed by atoms with E-state index >= 15 is 0 Å². The van der Waals surface area contributed by atoms with Crippen LogP contribution in [-0.4, -0.2) is 117 Å². The maximum absolute atomic E-state index is 14.1. The van der Waals surface area contributed by atoms with Crippen LogP contribution in [0.15, 0.2) is 0 Å². The highest BCUT2D eigenvalue weighted by Crippen LogP contribution is 2.64. The summed E-state index contributed by atoms with van der Waals surface area (Å²) in [5.74, 6) is -53.7. The molecule has 0 spiro atoms. The molecule has 0 radical (unpaired) electrons. The van der Waals surface area contributed by atoms with Crippen LogP contribution in [0.25, 0.3) is 0 Å². The van der Waals surface area contributed by atoms with Crippen molar-refractivity contribution in [2.75, 3.05) is 40.4 Å². The fourth-order valence-electron chi connectivity index (χ4n) is 3.57. The fraction of sp³-hybridized carbons (Fsp3) is 0.875. The average molecular weight is 793 g/mol. The topological polar surface area (TPSA) is 142 Å². The van der Waals surface area contributed by atoms with Crippen LogP contribution in [0.3, 0.4) is 0 Å². The number of rotatable bonds is 21. The number of carbonyl (C=O) groups is 2. The molecule has 0 aromatic heterocycles. The molecule has 0 fully saturated rings. The summed E-state index contributed by atoms with van der Waals surface area (Å²) in [7, 11) is 2.98. The van der Waals surface area contributed by atoms with E-state index in [0.29, 0.717) is 19.3 Å². The molecule has 0 bridgehead atoms. The van der Waals surface area contributed by atoms with Gasteiger partial charge in [0.1, 0.15) is 6.04 Å². The first-order valence-electron chi connectivity index (χ1n) is 14.1. The zero-order valence-corrected chi connectivity index (χ0v) is 26.2. The van der Waals surface area contributed by atoms with Gasteiger partial charge in [-0.1, -0.05) is 0 Å². The molecule has 0 saturated heterocycles. The first kappa shape index (κ1) is 47.7. The molecular weight excluding hydrogens is 759 g/mol. The minimum absolute atomic E-state index is 0.00438. The molecule has 0 saturated carbocycles. The number of nitrogens with one attached hydrogen (secondary N) is 4. The van der Waals surface area contributed by atoms with Crippen LogP contribution in [-0.2, 0) is 14.4 Å². The molecule has 0 aromatic carbocycles. The van der Waals surface area contributed by atoms with Crippen molar-refractivity contribution in [1.82, 2.24) is 20.9 Å². The van der Waals surface area contributed by atoms with Crippen LogP contribution in [0.2, 0.25) is 0 Å². The van der Waals surface area contributed by atoms with Gasteiger partial charge in [-0.2, -0.15) is 74.6 Å². The molecule has 0 aliphatic carbocycles.